The molecule has 0 atom stereocenters. The van der Waals surface area contributed by atoms with Crippen LogP contribution in [0.25, 0.3) is 0 Å². The second-order valence-corrected chi connectivity index (χ2v) is 3.98. The van der Waals surface area contributed by atoms with Crippen molar-refractivity contribution in [3.63, 3.8) is 0 Å². The van der Waals surface area contributed by atoms with Crippen LogP contribution in [-0.4, -0.2) is 18.9 Å². The highest BCUT2D eigenvalue weighted by Gasteiger charge is 2.23. The number of hydrogen-bond acceptors (Lipinski definition) is 3. The first kappa shape index (κ1) is 13.0. The zero-order valence-electron chi connectivity index (χ0n) is 9.11. The average Bonchev–Trinajstić information content (AvgIpc) is 2.30. The van der Waals surface area contributed by atoms with Crippen molar-refractivity contribution in [2.24, 2.45) is 5.92 Å². The van der Waals surface area contributed by atoms with Crippen LogP contribution in [0.4, 0.5) is 5.69 Å². The van der Waals surface area contributed by atoms with Gasteiger partial charge in [0.1, 0.15) is 0 Å². The van der Waals surface area contributed by atoms with Gasteiger partial charge in [0.15, 0.2) is 5.78 Å². The van der Waals surface area contributed by atoms with Gasteiger partial charge in [-0.05, 0) is 38.1 Å². The maximum absolute atomic E-state index is 12.1. The number of nitrogens with two attached hydrogens (primary N) is 1. The minimum Gasteiger partial charge on any atom is -0.398 e. The number of halogens is 1. The monoisotopic (exact) mass is 240 g/mol. The van der Waals surface area contributed by atoms with E-state index in [2.05, 4.69) is 5.32 Å². The lowest BCUT2D eigenvalue weighted by Crippen LogP contribution is -2.32. The van der Waals surface area contributed by atoms with Gasteiger partial charge in [-0.1, -0.05) is 12.1 Å². The van der Waals surface area contributed by atoms with Gasteiger partial charge in [0, 0.05) is 17.2 Å². The molecule has 16 heavy (non-hydrogen) atoms. The molecule has 1 saturated heterocycles. The minimum atomic E-state index is 0. The first-order chi connectivity index (χ1) is 7.29. The van der Waals surface area contributed by atoms with Crippen molar-refractivity contribution in [1.29, 1.82) is 0 Å². The molecule has 2 rings (SSSR count). The third-order valence-corrected chi connectivity index (χ3v) is 2.94. The Balaban J connectivity index is 0.00000128. The molecule has 0 radical (unpaired) electrons. The van der Waals surface area contributed by atoms with Crippen LogP contribution in [0.2, 0.25) is 0 Å². The predicted molar refractivity (Wildman–Crippen MR) is 68.0 cm³/mol. The van der Waals surface area contributed by atoms with Gasteiger partial charge in [0.05, 0.1) is 0 Å². The molecule has 88 valence electrons. The first-order valence-electron chi connectivity index (χ1n) is 5.38. The molecule has 0 saturated carbocycles. The van der Waals surface area contributed by atoms with Crippen LogP contribution < -0.4 is 11.1 Å². The Bertz CT molecular complexity index is 362. The van der Waals surface area contributed by atoms with E-state index in [1.165, 1.54) is 0 Å². The molecule has 1 fully saturated rings. The molecule has 0 aromatic heterocycles. The molecular formula is C12H17ClN2O. The van der Waals surface area contributed by atoms with Crippen molar-refractivity contribution in [3.8, 4) is 0 Å². The van der Waals surface area contributed by atoms with Gasteiger partial charge in [0.2, 0.25) is 0 Å². The quantitative estimate of drug-likeness (QED) is 0.613. The molecule has 0 unspecified atom stereocenters. The summed E-state index contributed by atoms with van der Waals surface area (Å²) in [6.07, 6.45) is 1.85. The van der Waals surface area contributed by atoms with Gasteiger partial charge in [0.25, 0.3) is 0 Å². The topological polar surface area (TPSA) is 55.1 Å². The minimum absolute atomic E-state index is 0. The first-order valence-corrected chi connectivity index (χ1v) is 5.38. The lowest BCUT2D eigenvalue weighted by atomic mass is 9.89. The summed E-state index contributed by atoms with van der Waals surface area (Å²) in [5.74, 6) is 0.352. The number of piperidine rings is 1. The fourth-order valence-electron chi connectivity index (χ4n) is 2.03. The summed E-state index contributed by atoms with van der Waals surface area (Å²) >= 11 is 0. The molecule has 1 aliphatic rings. The number of rotatable bonds is 2. The van der Waals surface area contributed by atoms with Gasteiger partial charge in [-0.3, -0.25) is 4.79 Å². The van der Waals surface area contributed by atoms with Crippen molar-refractivity contribution in [2.75, 3.05) is 18.8 Å². The highest BCUT2D eigenvalue weighted by molar-refractivity contribution is 6.02. The number of hydrogen-bond donors (Lipinski definition) is 2. The van der Waals surface area contributed by atoms with Gasteiger partial charge in [-0.2, -0.15) is 0 Å². The van der Waals surface area contributed by atoms with Crippen LogP contribution in [0.3, 0.4) is 0 Å². The van der Waals surface area contributed by atoms with Crippen molar-refractivity contribution >= 4 is 23.9 Å². The van der Waals surface area contributed by atoms with Gasteiger partial charge in [-0.15, -0.1) is 12.4 Å². The molecule has 0 amide bonds. The summed E-state index contributed by atoms with van der Waals surface area (Å²) in [6, 6.07) is 7.33. The van der Waals surface area contributed by atoms with Crippen molar-refractivity contribution in [3.05, 3.63) is 29.8 Å². The molecule has 0 aliphatic carbocycles. The average molecular weight is 241 g/mol. The number of Topliss-reactive ketones (excluding diaryl/α,β-unsaturated/α-hetero) is 1. The van der Waals surface area contributed by atoms with Crippen LogP contribution in [0.1, 0.15) is 23.2 Å². The largest absolute Gasteiger partial charge is 0.398 e. The van der Waals surface area contributed by atoms with E-state index in [-0.39, 0.29) is 24.1 Å². The van der Waals surface area contributed by atoms with Crippen LogP contribution in [0.15, 0.2) is 24.3 Å². The Labute approximate surface area is 102 Å². The van der Waals surface area contributed by atoms with E-state index in [1.54, 1.807) is 6.07 Å². The summed E-state index contributed by atoms with van der Waals surface area (Å²) in [7, 11) is 0. The normalized spacial score (nSPS) is 16.5. The van der Waals surface area contributed by atoms with E-state index < -0.39 is 0 Å². The van der Waals surface area contributed by atoms with E-state index in [0.717, 1.165) is 25.9 Å². The highest BCUT2D eigenvalue weighted by Crippen LogP contribution is 2.21. The summed E-state index contributed by atoms with van der Waals surface area (Å²) in [6.45, 7) is 1.87. The standard InChI is InChI=1S/C12H16N2O.ClH/c13-11-4-2-1-3-10(11)12(15)9-5-7-14-8-6-9;/h1-4,9,14H,5-8,13H2;1H. The molecule has 0 bridgehead atoms. The van der Waals surface area contributed by atoms with E-state index >= 15 is 0 Å². The zero-order valence-corrected chi connectivity index (χ0v) is 9.93. The van der Waals surface area contributed by atoms with Crippen LogP contribution in [-0.2, 0) is 0 Å². The van der Waals surface area contributed by atoms with Crippen molar-refractivity contribution in [1.82, 2.24) is 5.32 Å². The Kier molecular flexibility index (Phi) is 4.77. The van der Waals surface area contributed by atoms with E-state index in [4.69, 9.17) is 5.73 Å². The third kappa shape index (κ3) is 2.74. The predicted octanol–water partition coefficient (Wildman–Crippen LogP) is 1.87. The number of ketones is 1. The van der Waals surface area contributed by atoms with Crippen LogP contribution >= 0.6 is 12.4 Å². The fourth-order valence-corrected chi connectivity index (χ4v) is 2.03. The Morgan fingerprint density at radius 3 is 2.50 bits per heavy atom. The number of para-hydroxylation sites is 1. The number of anilines is 1. The van der Waals surface area contributed by atoms with Crippen molar-refractivity contribution < 1.29 is 4.79 Å². The molecule has 3 N–H and O–H groups in total. The lowest BCUT2D eigenvalue weighted by molar-refractivity contribution is 0.0896. The SMILES string of the molecule is Cl.Nc1ccccc1C(=O)C1CCNCC1. The van der Waals surface area contributed by atoms with E-state index in [0.29, 0.717) is 11.3 Å². The fraction of sp³-hybridized carbons (Fsp3) is 0.417. The molecule has 3 nitrogen and oxygen atoms in total. The third-order valence-electron chi connectivity index (χ3n) is 2.94. The number of benzene rings is 1. The molecule has 1 aromatic carbocycles. The van der Waals surface area contributed by atoms with Crippen molar-refractivity contribution in [2.45, 2.75) is 12.8 Å². The maximum atomic E-state index is 12.1. The number of nitrogen functional groups attached to an aromatic ring is 1. The summed E-state index contributed by atoms with van der Waals surface area (Å²) in [4.78, 5) is 12.1. The highest BCUT2D eigenvalue weighted by atomic mass is 35.5. The molecule has 1 aliphatic heterocycles. The molecular weight excluding hydrogens is 224 g/mol. The zero-order chi connectivity index (χ0) is 10.7. The van der Waals surface area contributed by atoms with Crippen LogP contribution in [0.5, 0.6) is 0 Å². The molecule has 0 spiro atoms. The summed E-state index contributed by atoms with van der Waals surface area (Å²) in [5.41, 5.74) is 7.07. The van der Waals surface area contributed by atoms with Crippen LogP contribution in [0, 0.1) is 5.92 Å². The Morgan fingerprint density at radius 1 is 1.25 bits per heavy atom. The van der Waals surface area contributed by atoms with Gasteiger partial charge < -0.3 is 11.1 Å². The smallest absolute Gasteiger partial charge is 0.168 e. The Hall–Kier alpha value is -1.06. The van der Waals surface area contributed by atoms with Gasteiger partial charge >= 0.3 is 0 Å². The molecule has 4 heteroatoms. The molecule has 1 heterocycles. The number of nitrogens with one attached hydrogen (secondary N) is 1. The van der Waals surface area contributed by atoms with Gasteiger partial charge in [-0.25, -0.2) is 0 Å². The Morgan fingerprint density at radius 2 is 1.88 bits per heavy atom. The summed E-state index contributed by atoms with van der Waals surface area (Å²) in [5, 5.41) is 3.25. The lowest BCUT2D eigenvalue weighted by Gasteiger charge is -2.21. The van der Waals surface area contributed by atoms with E-state index in [9.17, 15) is 4.79 Å². The second-order valence-electron chi connectivity index (χ2n) is 3.98. The molecule has 1 aromatic rings. The number of carbonyl (C=O) groups excluding carboxylic acids is 1. The second kappa shape index (κ2) is 5.87. The maximum Gasteiger partial charge on any atom is 0.168 e. The summed E-state index contributed by atoms with van der Waals surface area (Å²) < 4.78 is 0. The number of carbonyl (C=O) groups is 1. The van der Waals surface area contributed by atoms with E-state index in [1.807, 2.05) is 18.2 Å².